The van der Waals surface area contributed by atoms with Gasteiger partial charge in [0.1, 0.15) is 0 Å². The van der Waals surface area contributed by atoms with Crippen molar-refractivity contribution >= 4 is 11.8 Å². The molecule has 0 aromatic carbocycles. The van der Waals surface area contributed by atoms with Crippen LogP contribution in [0.25, 0.3) is 0 Å². The predicted molar refractivity (Wildman–Crippen MR) is 50.4 cm³/mol. The van der Waals surface area contributed by atoms with Crippen LogP contribution in [0.1, 0.15) is 19.8 Å². The van der Waals surface area contributed by atoms with E-state index in [0.29, 0.717) is 6.42 Å². The largest absolute Gasteiger partial charge is 0.370 e. The lowest BCUT2D eigenvalue weighted by atomic mass is 9.74. The fraction of sp³-hybridized carbons (Fsp3) is 0.556. The summed E-state index contributed by atoms with van der Waals surface area (Å²) in [6.45, 7) is 1.65. The third-order valence-corrected chi connectivity index (χ3v) is 2.29. The summed E-state index contributed by atoms with van der Waals surface area (Å²) in [5, 5.41) is 17.7. The third kappa shape index (κ3) is 2.44. The number of amides is 2. The number of nitriles is 2. The summed E-state index contributed by atoms with van der Waals surface area (Å²) in [6.07, 6.45) is 0.0908. The Bertz CT molecular complexity index is 336. The summed E-state index contributed by atoms with van der Waals surface area (Å²) in [4.78, 5) is 21.8. The molecule has 0 unspecified atom stereocenters. The molecule has 0 saturated carbocycles. The standard InChI is InChI=1S/C9H12N4O2/c1-2-6(3-7(12)14)9(4-10,5-11)8(13)15/h6H,2-3H2,1H3,(H2,12,14)(H2,13,15)/t6-/m1/s1. The Hall–Kier alpha value is -2.08. The van der Waals surface area contributed by atoms with Gasteiger partial charge in [-0.1, -0.05) is 6.92 Å². The smallest absolute Gasteiger partial charge is 0.252 e. The van der Waals surface area contributed by atoms with Gasteiger partial charge in [-0.3, -0.25) is 9.59 Å². The van der Waals surface area contributed by atoms with E-state index in [4.69, 9.17) is 22.0 Å². The Morgan fingerprint density at radius 3 is 2.00 bits per heavy atom. The predicted octanol–water partition coefficient (Wildman–Crippen LogP) is -0.593. The molecular weight excluding hydrogens is 196 g/mol. The molecule has 2 amide bonds. The highest BCUT2D eigenvalue weighted by atomic mass is 16.1. The van der Waals surface area contributed by atoms with Crippen molar-refractivity contribution in [2.24, 2.45) is 22.8 Å². The maximum absolute atomic E-state index is 11.1. The van der Waals surface area contributed by atoms with Crippen LogP contribution in [0.2, 0.25) is 0 Å². The second kappa shape index (κ2) is 4.97. The van der Waals surface area contributed by atoms with Crippen LogP contribution < -0.4 is 11.5 Å². The molecule has 0 aliphatic heterocycles. The minimum Gasteiger partial charge on any atom is -0.370 e. The van der Waals surface area contributed by atoms with Crippen molar-refractivity contribution in [2.75, 3.05) is 0 Å². The van der Waals surface area contributed by atoms with Crippen LogP contribution >= 0.6 is 0 Å². The van der Waals surface area contributed by atoms with Crippen LogP contribution in [-0.2, 0) is 9.59 Å². The lowest BCUT2D eigenvalue weighted by Crippen LogP contribution is -2.42. The molecule has 6 nitrogen and oxygen atoms in total. The van der Waals surface area contributed by atoms with Gasteiger partial charge in [-0.05, 0) is 6.42 Å². The van der Waals surface area contributed by atoms with Crippen LogP contribution in [0, 0.1) is 34.0 Å². The first kappa shape index (κ1) is 12.9. The van der Waals surface area contributed by atoms with Crippen LogP contribution in [0.3, 0.4) is 0 Å². The summed E-state index contributed by atoms with van der Waals surface area (Å²) in [5.41, 5.74) is 8.01. The monoisotopic (exact) mass is 208 g/mol. The number of hydrogen-bond acceptors (Lipinski definition) is 4. The molecule has 1 atom stereocenters. The van der Waals surface area contributed by atoms with E-state index < -0.39 is 23.1 Å². The lowest BCUT2D eigenvalue weighted by molar-refractivity contribution is -0.126. The molecule has 0 radical (unpaired) electrons. The fourth-order valence-electron chi connectivity index (χ4n) is 1.37. The first-order valence-electron chi connectivity index (χ1n) is 4.35. The summed E-state index contributed by atoms with van der Waals surface area (Å²) in [6, 6.07) is 3.16. The van der Waals surface area contributed by atoms with Crippen molar-refractivity contribution in [1.29, 1.82) is 10.5 Å². The molecule has 0 rings (SSSR count). The van der Waals surface area contributed by atoms with Gasteiger partial charge in [-0.2, -0.15) is 10.5 Å². The Morgan fingerprint density at radius 1 is 1.33 bits per heavy atom. The third-order valence-electron chi connectivity index (χ3n) is 2.29. The molecule has 0 aromatic rings. The lowest BCUT2D eigenvalue weighted by Gasteiger charge is -2.23. The van der Waals surface area contributed by atoms with Gasteiger partial charge in [-0.15, -0.1) is 0 Å². The van der Waals surface area contributed by atoms with Crippen LogP contribution in [0.15, 0.2) is 0 Å². The van der Waals surface area contributed by atoms with Gasteiger partial charge in [0.25, 0.3) is 5.91 Å². The second-order valence-electron chi connectivity index (χ2n) is 3.17. The van der Waals surface area contributed by atoms with Crippen molar-refractivity contribution < 1.29 is 9.59 Å². The fourth-order valence-corrected chi connectivity index (χ4v) is 1.37. The van der Waals surface area contributed by atoms with Gasteiger partial charge in [0, 0.05) is 12.3 Å². The molecule has 4 N–H and O–H groups in total. The Kier molecular flexibility index (Phi) is 4.28. The molecule has 0 bridgehead atoms. The number of nitrogens with two attached hydrogens (primary N) is 2. The van der Waals surface area contributed by atoms with Crippen LogP contribution in [0.5, 0.6) is 0 Å². The minimum atomic E-state index is -1.97. The Labute approximate surface area is 87.4 Å². The molecule has 80 valence electrons. The normalized spacial score (nSPS) is 12.2. The Balaban J connectivity index is 5.24. The quantitative estimate of drug-likeness (QED) is 0.624. The van der Waals surface area contributed by atoms with E-state index in [0.717, 1.165) is 0 Å². The molecule has 0 spiro atoms. The number of primary amides is 2. The summed E-state index contributed by atoms with van der Waals surface area (Å²) in [7, 11) is 0. The minimum absolute atomic E-state index is 0.208. The van der Waals surface area contributed by atoms with Crippen LogP contribution in [0.4, 0.5) is 0 Å². The SMILES string of the molecule is CC[C@H](CC(N)=O)C(C#N)(C#N)C(N)=O. The van der Waals surface area contributed by atoms with E-state index in [9.17, 15) is 9.59 Å². The summed E-state index contributed by atoms with van der Waals surface area (Å²) in [5.74, 6) is -2.47. The highest BCUT2D eigenvalue weighted by Gasteiger charge is 2.45. The summed E-state index contributed by atoms with van der Waals surface area (Å²) < 4.78 is 0. The van der Waals surface area contributed by atoms with Crippen molar-refractivity contribution in [2.45, 2.75) is 19.8 Å². The number of carbonyl (C=O) groups is 2. The maximum atomic E-state index is 11.1. The first-order chi connectivity index (χ1) is 6.94. The second-order valence-corrected chi connectivity index (χ2v) is 3.17. The number of hydrogen-bond donors (Lipinski definition) is 2. The molecule has 0 fully saturated rings. The first-order valence-corrected chi connectivity index (χ1v) is 4.35. The number of nitrogens with zero attached hydrogens (tertiary/aromatic N) is 2. The van der Waals surface area contributed by atoms with Crippen molar-refractivity contribution in [3.05, 3.63) is 0 Å². The average molecular weight is 208 g/mol. The zero-order valence-corrected chi connectivity index (χ0v) is 8.36. The summed E-state index contributed by atoms with van der Waals surface area (Å²) >= 11 is 0. The van der Waals surface area contributed by atoms with E-state index >= 15 is 0 Å². The van der Waals surface area contributed by atoms with Gasteiger partial charge >= 0.3 is 0 Å². The van der Waals surface area contributed by atoms with E-state index in [1.54, 1.807) is 19.1 Å². The maximum Gasteiger partial charge on any atom is 0.252 e. The molecule has 0 aromatic heterocycles. The molecular formula is C9H12N4O2. The van der Waals surface area contributed by atoms with Gasteiger partial charge < -0.3 is 11.5 Å². The van der Waals surface area contributed by atoms with Crippen molar-refractivity contribution in [3.8, 4) is 12.1 Å². The molecule has 0 aliphatic rings. The van der Waals surface area contributed by atoms with Gasteiger partial charge in [0.2, 0.25) is 11.3 Å². The number of carbonyl (C=O) groups excluding carboxylic acids is 2. The zero-order chi connectivity index (χ0) is 12.1. The molecule has 0 heterocycles. The molecule has 0 saturated heterocycles. The van der Waals surface area contributed by atoms with Gasteiger partial charge in [-0.25, -0.2) is 0 Å². The molecule has 0 aliphatic carbocycles. The van der Waals surface area contributed by atoms with Crippen molar-refractivity contribution in [3.63, 3.8) is 0 Å². The van der Waals surface area contributed by atoms with E-state index in [-0.39, 0.29) is 6.42 Å². The van der Waals surface area contributed by atoms with Gasteiger partial charge in [0.15, 0.2) is 0 Å². The number of rotatable bonds is 5. The van der Waals surface area contributed by atoms with Gasteiger partial charge in [0.05, 0.1) is 12.1 Å². The molecule has 6 heteroatoms. The van der Waals surface area contributed by atoms with E-state index in [2.05, 4.69) is 0 Å². The van der Waals surface area contributed by atoms with Crippen LogP contribution in [-0.4, -0.2) is 11.8 Å². The zero-order valence-electron chi connectivity index (χ0n) is 8.36. The van der Waals surface area contributed by atoms with Crippen molar-refractivity contribution in [1.82, 2.24) is 0 Å². The Morgan fingerprint density at radius 2 is 1.80 bits per heavy atom. The van der Waals surface area contributed by atoms with E-state index in [1.807, 2.05) is 0 Å². The highest BCUT2D eigenvalue weighted by molar-refractivity contribution is 5.88. The highest BCUT2D eigenvalue weighted by Crippen LogP contribution is 2.31. The average Bonchev–Trinajstić information content (AvgIpc) is 2.17. The van der Waals surface area contributed by atoms with E-state index in [1.165, 1.54) is 0 Å². The molecule has 15 heavy (non-hydrogen) atoms. The topological polar surface area (TPSA) is 134 Å².